The van der Waals surface area contributed by atoms with Crippen LogP contribution < -0.4 is 10.6 Å². The normalized spacial score (nSPS) is 10.5. The van der Waals surface area contributed by atoms with E-state index in [2.05, 4.69) is 67.7 Å². The maximum atomic E-state index is 4.55. The lowest BCUT2D eigenvalue weighted by molar-refractivity contribution is 1.03. The van der Waals surface area contributed by atoms with E-state index in [0.29, 0.717) is 12.5 Å². The van der Waals surface area contributed by atoms with Crippen LogP contribution in [-0.4, -0.2) is 9.97 Å². The summed E-state index contributed by atoms with van der Waals surface area (Å²) in [5.74, 6) is 1.38. The number of anilines is 3. The summed E-state index contributed by atoms with van der Waals surface area (Å²) in [6.45, 7) is 4.72. The van der Waals surface area contributed by atoms with Crippen LogP contribution in [0.15, 0.2) is 59.1 Å². The minimum Gasteiger partial charge on any atom is -0.350 e. The van der Waals surface area contributed by atoms with E-state index in [1.54, 1.807) is 0 Å². The van der Waals surface area contributed by atoms with Crippen LogP contribution >= 0.6 is 15.9 Å². The van der Waals surface area contributed by atoms with Crippen molar-refractivity contribution in [3.8, 4) is 0 Å². The van der Waals surface area contributed by atoms with Crippen LogP contribution in [0.25, 0.3) is 0 Å². The molecule has 0 saturated carbocycles. The minimum absolute atomic E-state index is 0.615. The first kappa shape index (κ1) is 16.5. The Morgan fingerprint density at radius 2 is 1.75 bits per heavy atom. The van der Waals surface area contributed by atoms with Crippen molar-refractivity contribution >= 4 is 33.4 Å². The maximum Gasteiger partial charge on any atom is 0.225 e. The molecular formula is C19H19BrN4. The lowest BCUT2D eigenvalue weighted by atomic mass is 10.2. The number of benzene rings is 2. The lowest BCUT2D eigenvalue weighted by Gasteiger charge is -2.11. The molecule has 5 heteroatoms. The second kappa shape index (κ2) is 7.45. The number of hydrogen-bond donors (Lipinski definition) is 2. The van der Waals surface area contributed by atoms with Crippen molar-refractivity contribution in [3.05, 3.63) is 75.9 Å². The van der Waals surface area contributed by atoms with Gasteiger partial charge in [0.2, 0.25) is 5.95 Å². The Morgan fingerprint density at radius 3 is 2.50 bits per heavy atom. The molecule has 0 aliphatic carbocycles. The highest BCUT2D eigenvalue weighted by Crippen LogP contribution is 2.26. The summed E-state index contributed by atoms with van der Waals surface area (Å²) in [4.78, 5) is 9.01. The molecule has 24 heavy (non-hydrogen) atoms. The van der Waals surface area contributed by atoms with Crippen molar-refractivity contribution < 1.29 is 0 Å². The van der Waals surface area contributed by atoms with Crippen molar-refractivity contribution in [2.75, 3.05) is 10.6 Å². The number of aryl methyl sites for hydroxylation is 2. The Balaban J connectivity index is 1.76. The van der Waals surface area contributed by atoms with E-state index in [0.717, 1.165) is 21.7 Å². The fraction of sp³-hybridized carbons (Fsp3) is 0.158. The molecule has 1 heterocycles. The van der Waals surface area contributed by atoms with Crippen LogP contribution in [0.5, 0.6) is 0 Å². The minimum atomic E-state index is 0.615. The molecule has 2 N–H and O–H groups in total. The molecule has 3 aromatic rings. The Morgan fingerprint density at radius 1 is 0.958 bits per heavy atom. The molecule has 3 rings (SSSR count). The zero-order chi connectivity index (χ0) is 16.9. The largest absolute Gasteiger partial charge is 0.350 e. The number of nitrogens with zero attached hydrogens (tertiary/aromatic N) is 2. The van der Waals surface area contributed by atoms with Crippen molar-refractivity contribution in [2.24, 2.45) is 0 Å². The number of hydrogen-bond acceptors (Lipinski definition) is 4. The third kappa shape index (κ3) is 4.32. The zero-order valence-electron chi connectivity index (χ0n) is 13.7. The zero-order valence-corrected chi connectivity index (χ0v) is 15.3. The average molecular weight is 383 g/mol. The van der Waals surface area contributed by atoms with Crippen LogP contribution in [0.2, 0.25) is 0 Å². The second-order valence-electron chi connectivity index (χ2n) is 5.67. The highest BCUT2D eigenvalue weighted by atomic mass is 79.9. The van der Waals surface area contributed by atoms with Gasteiger partial charge in [0.15, 0.2) is 0 Å². The van der Waals surface area contributed by atoms with Crippen molar-refractivity contribution in [1.82, 2.24) is 9.97 Å². The van der Waals surface area contributed by atoms with Gasteiger partial charge in [-0.05, 0) is 53.0 Å². The van der Waals surface area contributed by atoms with E-state index in [1.807, 2.05) is 37.3 Å². The molecule has 0 radical (unpaired) electrons. The Kier molecular flexibility index (Phi) is 5.11. The van der Waals surface area contributed by atoms with E-state index in [1.165, 1.54) is 11.1 Å². The molecule has 0 amide bonds. The van der Waals surface area contributed by atoms with Crippen molar-refractivity contribution in [2.45, 2.75) is 20.4 Å². The summed E-state index contributed by atoms with van der Waals surface area (Å²) in [7, 11) is 0. The third-order valence-corrected chi connectivity index (χ3v) is 4.19. The molecule has 0 bridgehead atoms. The van der Waals surface area contributed by atoms with E-state index in [-0.39, 0.29) is 0 Å². The fourth-order valence-electron chi connectivity index (χ4n) is 2.35. The van der Waals surface area contributed by atoms with Crippen molar-refractivity contribution in [3.63, 3.8) is 0 Å². The summed E-state index contributed by atoms with van der Waals surface area (Å²) in [5.41, 5.74) is 4.29. The van der Waals surface area contributed by atoms with Gasteiger partial charge in [0.1, 0.15) is 5.82 Å². The predicted octanol–water partition coefficient (Wildman–Crippen LogP) is 5.21. The molecule has 1 aromatic heterocycles. The SMILES string of the molecule is Cc1ccc(Nc2cc(C)nc(NCc3ccccc3)n2)c(Br)c1. The Hall–Kier alpha value is -2.40. The van der Waals surface area contributed by atoms with Gasteiger partial charge in [-0.25, -0.2) is 4.98 Å². The van der Waals surface area contributed by atoms with Crippen LogP contribution in [0.1, 0.15) is 16.8 Å². The molecule has 0 fully saturated rings. The first-order valence-electron chi connectivity index (χ1n) is 7.77. The average Bonchev–Trinajstić information content (AvgIpc) is 2.56. The van der Waals surface area contributed by atoms with Gasteiger partial charge in [-0.15, -0.1) is 0 Å². The van der Waals surface area contributed by atoms with Crippen LogP contribution in [0, 0.1) is 13.8 Å². The van der Waals surface area contributed by atoms with E-state index in [4.69, 9.17) is 0 Å². The van der Waals surface area contributed by atoms with Gasteiger partial charge in [0.25, 0.3) is 0 Å². The summed E-state index contributed by atoms with van der Waals surface area (Å²) in [5, 5.41) is 6.62. The van der Waals surface area contributed by atoms with Gasteiger partial charge in [-0.2, -0.15) is 4.98 Å². The smallest absolute Gasteiger partial charge is 0.225 e. The summed E-state index contributed by atoms with van der Waals surface area (Å²) < 4.78 is 1.01. The van der Waals surface area contributed by atoms with Crippen molar-refractivity contribution in [1.29, 1.82) is 0 Å². The molecule has 0 aliphatic rings. The summed E-state index contributed by atoms with van der Waals surface area (Å²) in [6.07, 6.45) is 0. The van der Waals surface area contributed by atoms with E-state index >= 15 is 0 Å². The predicted molar refractivity (Wildman–Crippen MR) is 103 cm³/mol. The maximum absolute atomic E-state index is 4.55. The molecule has 0 atom stereocenters. The van der Waals surface area contributed by atoms with Crippen LogP contribution in [0.4, 0.5) is 17.5 Å². The number of nitrogens with one attached hydrogen (secondary N) is 2. The number of halogens is 1. The van der Waals surface area contributed by atoms with Gasteiger partial charge < -0.3 is 10.6 Å². The van der Waals surface area contributed by atoms with Crippen LogP contribution in [-0.2, 0) is 6.54 Å². The topological polar surface area (TPSA) is 49.8 Å². The highest BCUT2D eigenvalue weighted by molar-refractivity contribution is 9.10. The molecule has 4 nitrogen and oxygen atoms in total. The number of aromatic nitrogens is 2. The van der Waals surface area contributed by atoms with Gasteiger partial charge in [-0.3, -0.25) is 0 Å². The highest BCUT2D eigenvalue weighted by Gasteiger charge is 2.05. The first-order chi connectivity index (χ1) is 11.6. The first-order valence-corrected chi connectivity index (χ1v) is 8.56. The van der Waals surface area contributed by atoms with E-state index in [9.17, 15) is 0 Å². The van der Waals surface area contributed by atoms with E-state index < -0.39 is 0 Å². The van der Waals surface area contributed by atoms with Gasteiger partial charge in [0.05, 0.1) is 5.69 Å². The Labute approximate surface area is 150 Å². The molecular weight excluding hydrogens is 364 g/mol. The van der Waals surface area contributed by atoms with Gasteiger partial charge >= 0.3 is 0 Å². The fourth-order valence-corrected chi connectivity index (χ4v) is 2.94. The molecule has 0 aliphatic heterocycles. The quantitative estimate of drug-likeness (QED) is 0.635. The van der Waals surface area contributed by atoms with Crippen LogP contribution in [0.3, 0.4) is 0 Å². The third-order valence-electron chi connectivity index (χ3n) is 3.53. The van der Waals surface area contributed by atoms with Gasteiger partial charge in [-0.1, -0.05) is 36.4 Å². The summed E-state index contributed by atoms with van der Waals surface area (Å²) in [6, 6.07) is 18.3. The molecule has 0 saturated heterocycles. The second-order valence-corrected chi connectivity index (χ2v) is 6.52. The molecule has 0 unspecified atom stereocenters. The molecule has 0 spiro atoms. The summed E-state index contributed by atoms with van der Waals surface area (Å²) >= 11 is 3.58. The number of rotatable bonds is 5. The van der Waals surface area contributed by atoms with Gasteiger partial charge in [0, 0.05) is 22.8 Å². The molecule has 122 valence electrons. The monoisotopic (exact) mass is 382 g/mol. The molecule has 2 aromatic carbocycles. The lowest BCUT2D eigenvalue weighted by Crippen LogP contribution is -2.06. The Bertz CT molecular complexity index is 834. The standard InChI is InChI=1S/C19H19BrN4/c1-13-8-9-17(16(20)10-13)23-18-11-14(2)22-19(24-18)21-12-15-6-4-3-5-7-15/h3-11H,12H2,1-2H3,(H2,21,22,23,24).